The van der Waals surface area contributed by atoms with Gasteiger partial charge in [0.25, 0.3) is 0 Å². The van der Waals surface area contributed by atoms with Crippen molar-refractivity contribution < 1.29 is 4.79 Å². The first kappa shape index (κ1) is 14.5. The number of hydrogen-bond donors (Lipinski definition) is 0. The van der Waals surface area contributed by atoms with Gasteiger partial charge < -0.3 is 4.90 Å². The van der Waals surface area contributed by atoms with Gasteiger partial charge in [-0.2, -0.15) is 4.99 Å². The fourth-order valence-electron chi connectivity index (χ4n) is 3.40. The average molecular weight is 285 g/mol. The van der Waals surface area contributed by atoms with Gasteiger partial charge in [-0.15, -0.1) is 0 Å². The Bertz CT molecular complexity index is 539. The molecule has 3 rings (SSSR count). The van der Waals surface area contributed by atoms with Crippen LogP contribution in [0.4, 0.5) is 0 Å². The van der Waals surface area contributed by atoms with E-state index in [-0.39, 0.29) is 5.54 Å². The lowest BCUT2D eigenvalue weighted by Gasteiger charge is -2.39. The molecule has 0 atom stereocenters. The van der Waals surface area contributed by atoms with Gasteiger partial charge in [0, 0.05) is 32.7 Å². The normalized spacial score (nSPS) is 22.3. The van der Waals surface area contributed by atoms with Gasteiger partial charge in [-0.05, 0) is 37.4 Å². The number of nitrogens with zero attached hydrogens (tertiary/aromatic N) is 3. The van der Waals surface area contributed by atoms with E-state index < -0.39 is 0 Å². The first-order chi connectivity index (χ1) is 10.2. The molecule has 2 aliphatic rings. The summed E-state index contributed by atoms with van der Waals surface area (Å²) in [4.78, 5) is 19.8. The SMILES string of the molecule is CN1CCN(Cc2ccccc2C2(N=C=O)CCC2)CC1. The molecule has 0 radical (unpaired) electrons. The Balaban J connectivity index is 1.81. The second kappa shape index (κ2) is 6.10. The first-order valence-corrected chi connectivity index (χ1v) is 7.82. The van der Waals surface area contributed by atoms with E-state index in [0.29, 0.717) is 0 Å². The van der Waals surface area contributed by atoms with Crippen LogP contribution >= 0.6 is 0 Å². The van der Waals surface area contributed by atoms with E-state index in [9.17, 15) is 4.79 Å². The number of carbonyl (C=O) groups excluding carboxylic acids is 1. The lowest BCUT2D eigenvalue weighted by molar-refractivity contribution is 0.146. The van der Waals surface area contributed by atoms with Crippen molar-refractivity contribution in [2.45, 2.75) is 31.3 Å². The van der Waals surface area contributed by atoms with E-state index in [1.165, 1.54) is 11.1 Å². The van der Waals surface area contributed by atoms with Gasteiger partial charge in [0.2, 0.25) is 6.08 Å². The van der Waals surface area contributed by atoms with Crippen LogP contribution in [0, 0.1) is 0 Å². The molecule has 2 fully saturated rings. The standard InChI is InChI=1S/C17H23N3O/c1-19-9-11-20(12-10-19)13-15-5-2-3-6-16(15)17(18-14-21)7-4-8-17/h2-3,5-6H,4,7-13H2,1H3. The van der Waals surface area contributed by atoms with Crippen LogP contribution in [-0.2, 0) is 16.9 Å². The van der Waals surface area contributed by atoms with E-state index in [4.69, 9.17) is 0 Å². The molecule has 1 aromatic rings. The number of isocyanates is 1. The molecule has 0 spiro atoms. The van der Waals surface area contributed by atoms with E-state index in [1.54, 1.807) is 6.08 Å². The minimum atomic E-state index is -0.287. The van der Waals surface area contributed by atoms with Crippen molar-refractivity contribution in [2.75, 3.05) is 33.2 Å². The molecule has 21 heavy (non-hydrogen) atoms. The Morgan fingerprint density at radius 3 is 2.52 bits per heavy atom. The molecule has 4 heteroatoms. The predicted octanol–water partition coefficient (Wildman–Crippen LogP) is 2.15. The molecule has 1 aromatic carbocycles. The average Bonchev–Trinajstić information content (AvgIpc) is 2.46. The summed E-state index contributed by atoms with van der Waals surface area (Å²) in [5.41, 5.74) is 2.27. The molecule has 0 unspecified atom stereocenters. The highest BCUT2D eigenvalue weighted by molar-refractivity contribution is 5.42. The van der Waals surface area contributed by atoms with Crippen LogP contribution in [0.2, 0.25) is 0 Å². The van der Waals surface area contributed by atoms with Crippen LogP contribution < -0.4 is 0 Å². The quantitative estimate of drug-likeness (QED) is 0.628. The highest BCUT2D eigenvalue weighted by atomic mass is 16.1. The summed E-state index contributed by atoms with van der Waals surface area (Å²) in [5, 5.41) is 0. The van der Waals surface area contributed by atoms with Crippen LogP contribution in [0.25, 0.3) is 0 Å². The lowest BCUT2D eigenvalue weighted by Crippen LogP contribution is -2.44. The zero-order valence-electron chi connectivity index (χ0n) is 12.7. The van der Waals surface area contributed by atoms with Crippen molar-refractivity contribution >= 4 is 6.08 Å². The van der Waals surface area contributed by atoms with Gasteiger partial charge in [0.05, 0.1) is 5.54 Å². The largest absolute Gasteiger partial charge is 0.304 e. The molecule has 0 amide bonds. The number of benzene rings is 1. The summed E-state index contributed by atoms with van der Waals surface area (Å²) in [7, 11) is 2.17. The minimum absolute atomic E-state index is 0.287. The van der Waals surface area contributed by atoms with Crippen LogP contribution in [0.1, 0.15) is 30.4 Å². The number of piperazine rings is 1. The van der Waals surface area contributed by atoms with Crippen LogP contribution in [0.5, 0.6) is 0 Å². The fraction of sp³-hybridized carbons (Fsp3) is 0.588. The van der Waals surface area contributed by atoms with Gasteiger partial charge in [-0.1, -0.05) is 24.3 Å². The zero-order chi connectivity index (χ0) is 14.7. The Hall–Kier alpha value is -1.48. The molecule has 0 aromatic heterocycles. The highest BCUT2D eigenvalue weighted by Crippen LogP contribution is 2.46. The Morgan fingerprint density at radius 2 is 1.90 bits per heavy atom. The number of aliphatic imine (C=N–C) groups is 1. The number of rotatable bonds is 4. The maximum atomic E-state index is 10.8. The molecule has 1 saturated carbocycles. The van der Waals surface area contributed by atoms with Crippen molar-refractivity contribution in [1.29, 1.82) is 0 Å². The maximum Gasteiger partial charge on any atom is 0.235 e. The third-order valence-electron chi connectivity index (χ3n) is 4.95. The van der Waals surface area contributed by atoms with Crippen LogP contribution in [0.15, 0.2) is 29.3 Å². The molecular formula is C17H23N3O. The zero-order valence-corrected chi connectivity index (χ0v) is 12.7. The topological polar surface area (TPSA) is 35.9 Å². The van der Waals surface area contributed by atoms with Crippen LogP contribution in [-0.4, -0.2) is 49.1 Å². The van der Waals surface area contributed by atoms with Crippen molar-refractivity contribution in [1.82, 2.24) is 9.80 Å². The summed E-state index contributed by atoms with van der Waals surface area (Å²) in [5.74, 6) is 0. The third-order valence-corrected chi connectivity index (χ3v) is 4.95. The van der Waals surface area contributed by atoms with Gasteiger partial charge in [0.1, 0.15) is 0 Å². The number of hydrogen-bond acceptors (Lipinski definition) is 4. The van der Waals surface area contributed by atoms with Crippen molar-refractivity contribution in [3.8, 4) is 0 Å². The Kier molecular flexibility index (Phi) is 4.20. The summed E-state index contributed by atoms with van der Waals surface area (Å²) in [6, 6.07) is 8.48. The van der Waals surface area contributed by atoms with Crippen molar-refractivity contribution in [2.24, 2.45) is 4.99 Å². The molecule has 1 aliphatic carbocycles. The predicted molar refractivity (Wildman–Crippen MR) is 82.9 cm³/mol. The third kappa shape index (κ3) is 2.93. The molecule has 4 nitrogen and oxygen atoms in total. The minimum Gasteiger partial charge on any atom is -0.304 e. The highest BCUT2D eigenvalue weighted by Gasteiger charge is 2.40. The van der Waals surface area contributed by atoms with Crippen molar-refractivity contribution in [3.63, 3.8) is 0 Å². The van der Waals surface area contributed by atoms with Gasteiger partial charge >= 0.3 is 0 Å². The number of likely N-dealkylation sites (N-methyl/N-ethyl adjacent to an activating group) is 1. The molecular weight excluding hydrogens is 262 g/mol. The summed E-state index contributed by atoms with van der Waals surface area (Å²) < 4.78 is 0. The second-order valence-corrected chi connectivity index (χ2v) is 6.32. The van der Waals surface area contributed by atoms with E-state index in [0.717, 1.165) is 52.0 Å². The molecule has 1 aliphatic heterocycles. The summed E-state index contributed by atoms with van der Waals surface area (Å²) in [6.07, 6.45) is 4.90. The Morgan fingerprint density at radius 1 is 1.19 bits per heavy atom. The first-order valence-electron chi connectivity index (χ1n) is 7.82. The smallest absolute Gasteiger partial charge is 0.235 e. The molecule has 112 valence electrons. The fourth-order valence-corrected chi connectivity index (χ4v) is 3.40. The monoisotopic (exact) mass is 285 g/mol. The maximum absolute atomic E-state index is 10.8. The molecule has 0 bridgehead atoms. The molecule has 1 saturated heterocycles. The second-order valence-electron chi connectivity index (χ2n) is 6.32. The molecule has 0 N–H and O–H groups in total. The van der Waals surface area contributed by atoms with Gasteiger partial charge in [0.15, 0.2) is 0 Å². The Labute approximate surface area is 126 Å². The summed E-state index contributed by atoms with van der Waals surface area (Å²) >= 11 is 0. The van der Waals surface area contributed by atoms with Crippen LogP contribution in [0.3, 0.4) is 0 Å². The van der Waals surface area contributed by atoms with Gasteiger partial charge in [-0.25, -0.2) is 4.79 Å². The van der Waals surface area contributed by atoms with E-state index in [2.05, 4.69) is 46.1 Å². The van der Waals surface area contributed by atoms with E-state index in [1.807, 2.05) is 0 Å². The van der Waals surface area contributed by atoms with E-state index >= 15 is 0 Å². The summed E-state index contributed by atoms with van der Waals surface area (Å²) in [6.45, 7) is 5.42. The van der Waals surface area contributed by atoms with Gasteiger partial charge in [-0.3, -0.25) is 4.90 Å². The molecule has 1 heterocycles. The lowest BCUT2D eigenvalue weighted by atomic mass is 9.71. The van der Waals surface area contributed by atoms with Crippen molar-refractivity contribution in [3.05, 3.63) is 35.4 Å².